The van der Waals surface area contributed by atoms with E-state index in [0.29, 0.717) is 12.0 Å². The summed E-state index contributed by atoms with van der Waals surface area (Å²) >= 11 is 0. The number of rotatable bonds is 6. The summed E-state index contributed by atoms with van der Waals surface area (Å²) in [6.07, 6.45) is 2.10. The summed E-state index contributed by atoms with van der Waals surface area (Å²) in [5.41, 5.74) is 1.31. The van der Waals surface area contributed by atoms with Crippen molar-refractivity contribution >= 4 is 5.97 Å². The first-order valence-corrected chi connectivity index (χ1v) is 7.53. The zero-order valence-electron chi connectivity index (χ0n) is 13.3. The molecule has 1 aliphatic rings. The SMILES string of the molecule is COC(=O)[C@@H](NC1CC(c2cccc(OC)c2)C1)C(C)C. The molecule has 1 saturated carbocycles. The highest BCUT2D eigenvalue weighted by Gasteiger charge is 2.34. The van der Waals surface area contributed by atoms with Gasteiger partial charge in [0.25, 0.3) is 0 Å². The van der Waals surface area contributed by atoms with E-state index in [1.165, 1.54) is 12.7 Å². The van der Waals surface area contributed by atoms with Crippen molar-refractivity contribution in [3.05, 3.63) is 29.8 Å². The van der Waals surface area contributed by atoms with Gasteiger partial charge in [0.1, 0.15) is 11.8 Å². The summed E-state index contributed by atoms with van der Waals surface area (Å²) < 4.78 is 10.1. The highest BCUT2D eigenvalue weighted by molar-refractivity contribution is 5.76. The van der Waals surface area contributed by atoms with Gasteiger partial charge in [0.2, 0.25) is 0 Å². The fraction of sp³-hybridized carbons (Fsp3) is 0.588. The zero-order chi connectivity index (χ0) is 15.4. The molecule has 0 bridgehead atoms. The van der Waals surface area contributed by atoms with Gasteiger partial charge in [-0.1, -0.05) is 26.0 Å². The van der Waals surface area contributed by atoms with Crippen molar-refractivity contribution in [1.82, 2.24) is 5.32 Å². The van der Waals surface area contributed by atoms with Crippen molar-refractivity contribution in [1.29, 1.82) is 0 Å². The maximum absolute atomic E-state index is 11.8. The second-order valence-corrected chi connectivity index (χ2v) is 6.05. The van der Waals surface area contributed by atoms with Crippen LogP contribution in [0.5, 0.6) is 5.75 Å². The summed E-state index contributed by atoms with van der Waals surface area (Å²) in [7, 11) is 3.13. The Morgan fingerprint density at radius 1 is 1.29 bits per heavy atom. The van der Waals surface area contributed by atoms with E-state index >= 15 is 0 Å². The average molecular weight is 291 g/mol. The number of hydrogen-bond acceptors (Lipinski definition) is 4. The molecule has 0 saturated heterocycles. The predicted octanol–water partition coefficient (Wildman–Crippen LogP) is 2.73. The largest absolute Gasteiger partial charge is 0.497 e. The second kappa shape index (κ2) is 6.94. The molecule has 1 atom stereocenters. The van der Waals surface area contributed by atoms with E-state index in [9.17, 15) is 4.79 Å². The smallest absolute Gasteiger partial charge is 0.323 e. The number of benzene rings is 1. The van der Waals surface area contributed by atoms with E-state index in [0.717, 1.165) is 18.6 Å². The molecule has 1 aromatic rings. The number of hydrogen-bond donors (Lipinski definition) is 1. The van der Waals surface area contributed by atoms with Crippen LogP contribution in [0, 0.1) is 5.92 Å². The Labute approximate surface area is 126 Å². The van der Waals surface area contributed by atoms with E-state index in [1.54, 1.807) is 7.11 Å². The minimum absolute atomic E-state index is 0.171. The zero-order valence-corrected chi connectivity index (χ0v) is 13.3. The maximum atomic E-state index is 11.8. The van der Waals surface area contributed by atoms with Crippen molar-refractivity contribution in [3.63, 3.8) is 0 Å². The highest BCUT2D eigenvalue weighted by Crippen LogP contribution is 2.38. The molecule has 1 N–H and O–H groups in total. The predicted molar refractivity (Wildman–Crippen MR) is 82.5 cm³/mol. The van der Waals surface area contributed by atoms with Gasteiger partial charge in [-0.15, -0.1) is 0 Å². The Kier molecular flexibility index (Phi) is 5.23. The van der Waals surface area contributed by atoms with Gasteiger partial charge in [-0.05, 0) is 42.4 Å². The van der Waals surface area contributed by atoms with Crippen molar-refractivity contribution in [3.8, 4) is 5.75 Å². The molecule has 0 amide bonds. The van der Waals surface area contributed by atoms with Gasteiger partial charge in [-0.2, -0.15) is 0 Å². The first-order chi connectivity index (χ1) is 10.0. The first-order valence-electron chi connectivity index (χ1n) is 7.53. The number of carbonyl (C=O) groups is 1. The molecule has 4 heteroatoms. The molecule has 4 nitrogen and oxygen atoms in total. The molecule has 21 heavy (non-hydrogen) atoms. The summed E-state index contributed by atoms with van der Waals surface area (Å²) in [4.78, 5) is 11.8. The van der Waals surface area contributed by atoms with Gasteiger partial charge < -0.3 is 14.8 Å². The monoisotopic (exact) mass is 291 g/mol. The minimum atomic E-state index is -0.216. The van der Waals surface area contributed by atoms with Crippen LogP contribution < -0.4 is 10.1 Å². The van der Waals surface area contributed by atoms with Crippen LogP contribution in [0.25, 0.3) is 0 Å². The number of nitrogens with one attached hydrogen (secondary N) is 1. The number of esters is 1. The van der Waals surface area contributed by atoms with Crippen molar-refractivity contribution in [2.24, 2.45) is 5.92 Å². The Morgan fingerprint density at radius 3 is 2.57 bits per heavy atom. The van der Waals surface area contributed by atoms with Gasteiger partial charge in [-0.25, -0.2) is 0 Å². The number of carbonyl (C=O) groups excluding carboxylic acids is 1. The summed E-state index contributed by atoms with van der Waals surface area (Å²) in [5, 5.41) is 3.43. The molecule has 0 aromatic heterocycles. The summed E-state index contributed by atoms with van der Waals surface area (Å²) in [6.45, 7) is 4.07. The lowest BCUT2D eigenvalue weighted by atomic mass is 9.75. The second-order valence-electron chi connectivity index (χ2n) is 6.05. The summed E-state index contributed by atoms with van der Waals surface area (Å²) in [6, 6.07) is 8.40. The third-order valence-electron chi connectivity index (χ3n) is 4.24. The van der Waals surface area contributed by atoms with Gasteiger partial charge in [0.05, 0.1) is 14.2 Å². The molecule has 0 radical (unpaired) electrons. The standard InChI is InChI=1S/C17H25NO3/c1-11(2)16(17(19)21-4)18-14-8-13(9-14)12-6-5-7-15(10-12)20-3/h5-7,10-11,13-14,16,18H,8-9H2,1-4H3/t13?,14?,16-/m0/s1. The molecular weight excluding hydrogens is 266 g/mol. The van der Waals surface area contributed by atoms with E-state index in [4.69, 9.17) is 9.47 Å². The number of ether oxygens (including phenoxy) is 2. The van der Waals surface area contributed by atoms with Gasteiger partial charge in [0.15, 0.2) is 0 Å². The van der Waals surface area contributed by atoms with Crippen LogP contribution in [0.4, 0.5) is 0 Å². The van der Waals surface area contributed by atoms with Crippen molar-refractivity contribution < 1.29 is 14.3 Å². The van der Waals surface area contributed by atoms with Crippen LogP contribution in [0.2, 0.25) is 0 Å². The van der Waals surface area contributed by atoms with Gasteiger partial charge in [-0.3, -0.25) is 4.79 Å². The quantitative estimate of drug-likeness (QED) is 0.819. The lowest BCUT2D eigenvalue weighted by Gasteiger charge is -2.39. The highest BCUT2D eigenvalue weighted by atomic mass is 16.5. The molecular formula is C17H25NO3. The van der Waals surface area contributed by atoms with Crippen LogP contribution in [-0.4, -0.2) is 32.3 Å². The van der Waals surface area contributed by atoms with Crippen LogP contribution in [0.15, 0.2) is 24.3 Å². The first kappa shape index (κ1) is 15.8. The lowest BCUT2D eigenvalue weighted by Crippen LogP contribution is -2.51. The molecule has 0 heterocycles. The average Bonchev–Trinajstić information content (AvgIpc) is 2.45. The molecule has 1 aliphatic carbocycles. The molecule has 1 fully saturated rings. The van der Waals surface area contributed by atoms with Crippen LogP contribution in [0.1, 0.15) is 38.2 Å². The Balaban J connectivity index is 1.89. The van der Waals surface area contributed by atoms with E-state index in [1.807, 2.05) is 26.0 Å². The molecule has 1 aromatic carbocycles. The fourth-order valence-corrected chi connectivity index (χ4v) is 2.84. The van der Waals surface area contributed by atoms with Crippen LogP contribution >= 0.6 is 0 Å². The van der Waals surface area contributed by atoms with Crippen molar-refractivity contribution in [2.45, 2.75) is 44.7 Å². The number of methoxy groups -OCH3 is 2. The van der Waals surface area contributed by atoms with E-state index < -0.39 is 0 Å². The normalized spacial score (nSPS) is 22.5. The van der Waals surface area contributed by atoms with Gasteiger partial charge >= 0.3 is 5.97 Å². The third kappa shape index (κ3) is 3.76. The molecule has 0 unspecified atom stereocenters. The Morgan fingerprint density at radius 2 is 2.00 bits per heavy atom. The van der Waals surface area contributed by atoms with Crippen LogP contribution in [0.3, 0.4) is 0 Å². The van der Waals surface area contributed by atoms with Gasteiger partial charge in [0, 0.05) is 6.04 Å². The maximum Gasteiger partial charge on any atom is 0.323 e. The lowest BCUT2D eigenvalue weighted by molar-refractivity contribution is -0.144. The molecule has 2 rings (SSSR count). The Bertz CT molecular complexity index is 481. The fourth-order valence-electron chi connectivity index (χ4n) is 2.84. The molecule has 0 aliphatic heterocycles. The van der Waals surface area contributed by atoms with E-state index in [2.05, 4.69) is 17.4 Å². The van der Waals surface area contributed by atoms with E-state index in [-0.39, 0.29) is 17.9 Å². The minimum Gasteiger partial charge on any atom is -0.497 e. The van der Waals surface area contributed by atoms with Crippen LogP contribution in [-0.2, 0) is 9.53 Å². The Hall–Kier alpha value is -1.55. The molecule has 116 valence electrons. The summed E-state index contributed by atoms with van der Waals surface area (Å²) in [5.74, 6) is 1.50. The third-order valence-corrected chi connectivity index (χ3v) is 4.24. The molecule has 0 spiro atoms. The topological polar surface area (TPSA) is 47.6 Å². The van der Waals surface area contributed by atoms with Crippen molar-refractivity contribution in [2.75, 3.05) is 14.2 Å².